The zero-order chi connectivity index (χ0) is 20.9. The van der Waals surface area contributed by atoms with Gasteiger partial charge in [-0.1, -0.05) is 12.1 Å². The summed E-state index contributed by atoms with van der Waals surface area (Å²) in [7, 11) is 0. The lowest BCUT2D eigenvalue weighted by molar-refractivity contribution is 0.00790. The molecule has 8 heteroatoms. The highest BCUT2D eigenvalue weighted by Crippen LogP contribution is 2.26. The van der Waals surface area contributed by atoms with E-state index >= 15 is 0 Å². The van der Waals surface area contributed by atoms with Crippen molar-refractivity contribution < 1.29 is 9.53 Å². The zero-order valence-corrected chi connectivity index (χ0v) is 17.4. The lowest BCUT2D eigenvalue weighted by Gasteiger charge is -2.38. The molecule has 1 aliphatic carbocycles. The Morgan fingerprint density at radius 1 is 1.20 bits per heavy atom. The third-order valence-electron chi connectivity index (χ3n) is 5.93. The van der Waals surface area contributed by atoms with E-state index in [2.05, 4.69) is 25.5 Å². The summed E-state index contributed by atoms with van der Waals surface area (Å²) in [6.07, 6.45) is 5.96. The fourth-order valence-electron chi connectivity index (χ4n) is 4.30. The highest BCUT2D eigenvalue weighted by Gasteiger charge is 2.27. The van der Waals surface area contributed by atoms with Crippen molar-refractivity contribution in [2.75, 3.05) is 36.9 Å². The number of nitrogens with two attached hydrogens (primary N) is 1. The molecule has 30 heavy (non-hydrogen) atoms. The van der Waals surface area contributed by atoms with Gasteiger partial charge in [0.05, 0.1) is 13.2 Å². The van der Waals surface area contributed by atoms with Gasteiger partial charge in [0, 0.05) is 37.1 Å². The Labute approximate surface area is 177 Å². The molecule has 0 spiro atoms. The number of primary amides is 1. The second-order valence-electron chi connectivity index (χ2n) is 8.11. The molecule has 0 radical (unpaired) electrons. The number of aryl methyl sites for hydroxylation is 1. The molecule has 2 fully saturated rings. The normalized spacial score (nSPS) is 22.4. The topological polar surface area (TPSA) is 105 Å². The third-order valence-corrected chi connectivity index (χ3v) is 5.93. The van der Waals surface area contributed by atoms with Crippen LogP contribution in [0.5, 0.6) is 0 Å². The molecular weight excluding hydrogens is 380 g/mol. The number of carbonyl (C=O) groups excluding carboxylic acids is 1. The second kappa shape index (κ2) is 9.40. The van der Waals surface area contributed by atoms with Crippen molar-refractivity contribution >= 4 is 23.4 Å². The van der Waals surface area contributed by atoms with Crippen molar-refractivity contribution in [2.24, 2.45) is 5.73 Å². The molecule has 1 aromatic heterocycles. The first-order valence-electron chi connectivity index (χ1n) is 10.7. The van der Waals surface area contributed by atoms with E-state index < -0.39 is 5.91 Å². The van der Waals surface area contributed by atoms with E-state index in [0.29, 0.717) is 23.8 Å². The maximum atomic E-state index is 11.8. The summed E-state index contributed by atoms with van der Waals surface area (Å²) in [5.41, 5.74) is 7.77. The van der Waals surface area contributed by atoms with Crippen LogP contribution in [0.15, 0.2) is 30.5 Å². The minimum Gasteiger partial charge on any atom is -0.379 e. The monoisotopic (exact) mass is 410 g/mol. The Morgan fingerprint density at radius 2 is 1.97 bits per heavy atom. The van der Waals surface area contributed by atoms with Crippen molar-refractivity contribution in [2.45, 2.75) is 44.7 Å². The summed E-state index contributed by atoms with van der Waals surface area (Å²) in [5.74, 6) is 0.389. The summed E-state index contributed by atoms with van der Waals surface area (Å²) in [5, 5.41) is 6.66. The number of nitrogens with one attached hydrogen (secondary N) is 2. The lowest BCUT2D eigenvalue weighted by atomic mass is 9.90. The van der Waals surface area contributed by atoms with Gasteiger partial charge in [-0.3, -0.25) is 9.69 Å². The van der Waals surface area contributed by atoms with Gasteiger partial charge in [-0.25, -0.2) is 4.98 Å². The van der Waals surface area contributed by atoms with Crippen LogP contribution in [0.4, 0.5) is 17.5 Å². The quantitative estimate of drug-likeness (QED) is 0.672. The van der Waals surface area contributed by atoms with Gasteiger partial charge >= 0.3 is 0 Å². The summed E-state index contributed by atoms with van der Waals surface area (Å²) in [6.45, 7) is 5.77. The average molecular weight is 411 g/mol. The summed E-state index contributed by atoms with van der Waals surface area (Å²) in [4.78, 5) is 23.3. The van der Waals surface area contributed by atoms with E-state index in [1.807, 2.05) is 31.2 Å². The minimum absolute atomic E-state index is 0.276. The Balaban J connectivity index is 1.41. The summed E-state index contributed by atoms with van der Waals surface area (Å²) in [6, 6.07) is 8.86. The molecule has 0 unspecified atom stereocenters. The van der Waals surface area contributed by atoms with E-state index in [9.17, 15) is 4.79 Å². The predicted octanol–water partition coefficient (Wildman–Crippen LogP) is 2.68. The maximum Gasteiger partial charge on any atom is 0.254 e. The Hall–Kier alpha value is -2.71. The minimum atomic E-state index is -0.553. The number of aromatic nitrogens is 2. The first-order chi connectivity index (χ1) is 14.6. The number of carbonyl (C=O) groups is 1. The molecule has 4 rings (SSSR count). The van der Waals surface area contributed by atoms with Crippen LogP contribution in [0.1, 0.15) is 41.6 Å². The molecule has 160 valence electrons. The van der Waals surface area contributed by atoms with Crippen molar-refractivity contribution in [3.63, 3.8) is 0 Å². The lowest BCUT2D eigenvalue weighted by Crippen LogP contribution is -2.46. The number of morpholine rings is 1. The number of anilines is 3. The van der Waals surface area contributed by atoms with Crippen LogP contribution >= 0.6 is 0 Å². The van der Waals surface area contributed by atoms with Gasteiger partial charge in [0.15, 0.2) is 0 Å². The molecule has 2 aliphatic rings. The van der Waals surface area contributed by atoms with Gasteiger partial charge in [0.2, 0.25) is 5.95 Å². The zero-order valence-electron chi connectivity index (χ0n) is 17.4. The number of hydrogen-bond acceptors (Lipinski definition) is 7. The molecule has 1 aromatic carbocycles. The number of amides is 1. The molecule has 8 nitrogen and oxygen atoms in total. The molecule has 0 bridgehead atoms. The summed E-state index contributed by atoms with van der Waals surface area (Å²) >= 11 is 0. The van der Waals surface area contributed by atoms with Crippen LogP contribution in [0.3, 0.4) is 0 Å². The molecule has 0 atom stereocenters. The van der Waals surface area contributed by atoms with Crippen molar-refractivity contribution in [1.29, 1.82) is 0 Å². The Bertz CT molecular complexity index is 876. The van der Waals surface area contributed by atoms with Gasteiger partial charge in [-0.15, -0.1) is 0 Å². The van der Waals surface area contributed by atoms with Crippen molar-refractivity contribution in [1.82, 2.24) is 14.9 Å². The average Bonchev–Trinajstić information content (AvgIpc) is 2.75. The highest BCUT2D eigenvalue weighted by atomic mass is 16.5. The smallest absolute Gasteiger partial charge is 0.254 e. The van der Waals surface area contributed by atoms with Crippen LogP contribution < -0.4 is 16.4 Å². The van der Waals surface area contributed by atoms with Crippen LogP contribution in [0, 0.1) is 6.92 Å². The fourth-order valence-corrected chi connectivity index (χ4v) is 4.30. The molecule has 2 heterocycles. The standard InChI is InChI=1S/C22H30N6O2/c1-15-3-2-4-17(13-15)25-21-19(20(23)29)14-24-22(27-21)26-16-5-7-18(8-6-16)28-9-11-30-12-10-28/h2-4,13-14,16,18H,5-12H2,1H3,(H2,23,29)(H2,24,25,26,27). The number of nitrogens with zero attached hydrogens (tertiary/aromatic N) is 3. The number of ether oxygens (including phenoxy) is 1. The Morgan fingerprint density at radius 3 is 2.67 bits per heavy atom. The largest absolute Gasteiger partial charge is 0.379 e. The first kappa shape index (κ1) is 20.6. The molecule has 1 saturated carbocycles. The molecule has 4 N–H and O–H groups in total. The SMILES string of the molecule is Cc1cccc(Nc2nc(NC3CCC(N4CCOCC4)CC3)ncc2C(N)=O)c1. The number of benzene rings is 1. The van der Waals surface area contributed by atoms with Crippen LogP contribution in [0.2, 0.25) is 0 Å². The molecule has 1 aliphatic heterocycles. The second-order valence-corrected chi connectivity index (χ2v) is 8.11. The molecule has 1 saturated heterocycles. The Kier molecular flexibility index (Phi) is 6.44. The van der Waals surface area contributed by atoms with Crippen molar-refractivity contribution in [3.8, 4) is 0 Å². The van der Waals surface area contributed by atoms with E-state index in [4.69, 9.17) is 10.5 Å². The van der Waals surface area contributed by atoms with E-state index in [1.54, 1.807) is 0 Å². The van der Waals surface area contributed by atoms with Crippen molar-refractivity contribution in [3.05, 3.63) is 41.6 Å². The molecule has 2 aromatic rings. The molecule has 1 amide bonds. The van der Waals surface area contributed by atoms with Gasteiger partial charge in [-0.2, -0.15) is 4.98 Å². The highest BCUT2D eigenvalue weighted by molar-refractivity contribution is 5.98. The predicted molar refractivity (Wildman–Crippen MR) is 117 cm³/mol. The number of rotatable bonds is 6. The van der Waals surface area contributed by atoms with Crippen LogP contribution in [-0.2, 0) is 4.74 Å². The van der Waals surface area contributed by atoms with E-state index in [-0.39, 0.29) is 5.56 Å². The van der Waals surface area contributed by atoms with E-state index in [0.717, 1.165) is 63.2 Å². The molecular formula is C22H30N6O2. The van der Waals surface area contributed by atoms with Crippen LogP contribution in [0.25, 0.3) is 0 Å². The fraction of sp³-hybridized carbons (Fsp3) is 0.500. The van der Waals surface area contributed by atoms with Gasteiger partial charge < -0.3 is 21.1 Å². The van der Waals surface area contributed by atoms with Crippen LogP contribution in [-0.4, -0.2) is 59.2 Å². The van der Waals surface area contributed by atoms with Gasteiger partial charge in [0.25, 0.3) is 5.91 Å². The summed E-state index contributed by atoms with van der Waals surface area (Å²) < 4.78 is 5.47. The number of hydrogen-bond donors (Lipinski definition) is 3. The third kappa shape index (κ3) is 5.06. The van der Waals surface area contributed by atoms with Gasteiger partial charge in [-0.05, 0) is 50.3 Å². The van der Waals surface area contributed by atoms with Gasteiger partial charge in [0.1, 0.15) is 11.4 Å². The van der Waals surface area contributed by atoms with E-state index in [1.165, 1.54) is 6.20 Å². The first-order valence-corrected chi connectivity index (χ1v) is 10.7. The maximum absolute atomic E-state index is 11.8.